The second kappa shape index (κ2) is 8.56. The van der Waals surface area contributed by atoms with Gasteiger partial charge in [0, 0.05) is 57.3 Å². The minimum Gasteiger partial charge on any atom is -0.437 e. The minimum atomic E-state index is -0.593. The van der Waals surface area contributed by atoms with E-state index in [0.29, 0.717) is 56.2 Å². The molecule has 1 atom stereocenters. The van der Waals surface area contributed by atoms with Crippen molar-refractivity contribution in [3.63, 3.8) is 0 Å². The van der Waals surface area contributed by atoms with Crippen molar-refractivity contribution in [3.8, 4) is 0 Å². The largest absolute Gasteiger partial charge is 0.437 e. The van der Waals surface area contributed by atoms with E-state index in [2.05, 4.69) is 15.2 Å². The van der Waals surface area contributed by atoms with E-state index < -0.39 is 11.6 Å². The number of carbonyl (C=O) groups is 1. The summed E-state index contributed by atoms with van der Waals surface area (Å²) in [6.07, 6.45) is 0.526. The number of likely N-dealkylation sites (N-methyl/N-ethyl adjacent to an activating group) is 1. The average Bonchev–Trinajstić information content (AvgIpc) is 3.12. The summed E-state index contributed by atoms with van der Waals surface area (Å²) in [5.41, 5.74) is 1.10. The molecule has 1 N–H and O–H groups in total. The van der Waals surface area contributed by atoms with Gasteiger partial charge in [0.15, 0.2) is 0 Å². The lowest BCUT2D eigenvalue weighted by Crippen LogP contribution is -2.45. The van der Waals surface area contributed by atoms with Gasteiger partial charge in [-0.15, -0.1) is 0 Å². The van der Waals surface area contributed by atoms with Gasteiger partial charge in [0.1, 0.15) is 17.4 Å². The van der Waals surface area contributed by atoms with E-state index in [9.17, 15) is 13.6 Å². The topological polar surface area (TPSA) is 70.8 Å². The van der Waals surface area contributed by atoms with E-state index in [-0.39, 0.29) is 17.9 Å². The first-order valence-corrected chi connectivity index (χ1v) is 9.71. The third-order valence-electron chi connectivity index (χ3n) is 5.24. The van der Waals surface area contributed by atoms with E-state index in [0.717, 1.165) is 19.2 Å². The Morgan fingerprint density at radius 1 is 1.34 bits per heavy atom. The molecule has 0 saturated carbocycles. The first kappa shape index (κ1) is 19.9. The Labute approximate surface area is 167 Å². The Morgan fingerprint density at radius 2 is 2.21 bits per heavy atom. The summed E-state index contributed by atoms with van der Waals surface area (Å²) in [5, 5.41) is 2.82. The molecular formula is C20H24F2N4O3. The van der Waals surface area contributed by atoms with Crippen molar-refractivity contribution in [1.82, 2.24) is 20.1 Å². The molecule has 1 aromatic heterocycles. The monoisotopic (exact) mass is 406 g/mol. The van der Waals surface area contributed by atoms with Crippen LogP contribution < -0.4 is 5.32 Å². The summed E-state index contributed by atoms with van der Waals surface area (Å²) in [6.45, 7) is 4.11. The molecule has 2 aromatic rings. The van der Waals surface area contributed by atoms with Crippen molar-refractivity contribution >= 4 is 5.91 Å². The first-order chi connectivity index (χ1) is 14.0. The number of ether oxygens (including phenoxy) is 1. The molecule has 0 bridgehead atoms. The van der Waals surface area contributed by atoms with Crippen molar-refractivity contribution in [2.45, 2.75) is 25.6 Å². The molecule has 1 unspecified atom stereocenters. The number of hydrogen-bond acceptors (Lipinski definition) is 6. The third-order valence-corrected chi connectivity index (χ3v) is 5.24. The van der Waals surface area contributed by atoms with Crippen LogP contribution in [-0.2, 0) is 24.2 Å². The minimum absolute atomic E-state index is 0.0361. The number of fused-ring (bicyclic) bond motifs is 1. The van der Waals surface area contributed by atoms with Crippen molar-refractivity contribution in [3.05, 3.63) is 52.7 Å². The molecule has 1 fully saturated rings. The van der Waals surface area contributed by atoms with Crippen LogP contribution in [0.25, 0.3) is 0 Å². The van der Waals surface area contributed by atoms with E-state index >= 15 is 0 Å². The molecule has 4 rings (SSSR count). The standard InChI is InChI=1S/C20H24F2N4O3/c1-25-6-7-28-15(11-25)9-23-19(27)20-24-17-12-26(5-4-18(17)29-20)10-13-2-3-14(21)8-16(13)22/h2-3,8,15H,4-7,9-12H2,1H3,(H,23,27). The van der Waals surface area contributed by atoms with Gasteiger partial charge < -0.3 is 19.4 Å². The van der Waals surface area contributed by atoms with Crippen LogP contribution in [0, 0.1) is 11.6 Å². The maximum atomic E-state index is 13.9. The summed E-state index contributed by atoms with van der Waals surface area (Å²) >= 11 is 0. The Balaban J connectivity index is 1.34. The maximum absolute atomic E-state index is 13.9. The Morgan fingerprint density at radius 3 is 3.00 bits per heavy atom. The summed E-state index contributed by atoms with van der Waals surface area (Å²) < 4.78 is 38.3. The number of morpholine rings is 1. The van der Waals surface area contributed by atoms with Gasteiger partial charge in [0.05, 0.1) is 18.4 Å². The normalized spacial score (nSPS) is 20.4. The zero-order valence-electron chi connectivity index (χ0n) is 16.3. The molecule has 156 valence electrons. The van der Waals surface area contributed by atoms with Gasteiger partial charge in [-0.2, -0.15) is 0 Å². The van der Waals surface area contributed by atoms with Crippen LogP contribution in [0.4, 0.5) is 8.78 Å². The highest BCUT2D eigenvalue weighted by Gasteiger charge is 2.26. The predicted octanol–water partition coefficient (Wildman–Crippen LogP) is 1.57. The number of nitrogens with zero attached hydrogens (tertiary/aromatic N) is 3. The van der Waals surface area contributed by atoms with E-state index in [1.54, 1.807) is 0 Å². The molecule has 2 aliphatic rings. The maximum Gasteiger partial charge on any atom is 0.307 e. The number of nitrogens with one attached hydrogen (secondary N) is 1. The van der Waals surface area contributed by atoms with Crippen LogP contribution in [0.2, 0.25) is 0 Å². The lowest BCUT2D eigenvalue weighted by molar-refractivity contribution is -0.0176. The molecular weight excluding hydrogens is 382 g/mol. The second-order valence-corrected chi connectivity index (χ2v) is 7.55. The number of oxazole rings is 1. The fourth-order valence-electron chi connectivity index (χ4n) is 3.65. The SMILES string of the molecule is CN1CCOC(CNC(=O)c2nc3c(o2)CCN(Cc2ccc(F)cc2F)C3)C1. The van der Waals surface area contributed by atoms with Gasteiger partial charge in [-0.05, 0) is 13.1 Å². The van der Waals surface area contributed by atoms with Crippen molar-refractivity contribution in [2.75, 3.05) is 39.8 Å². The summed E-state index contributed by atoms with van der Waals surface area (Å²) in [7, 11) is 2.02. The molecule has 1 amide bonds. The van der Waals surface area contributed by atoms with Gasteiger partial charge in [-0.3, -0.25) is 9.69 Å². The van der Waals surface area contributed by atoms with Crippen molar-refractivity contribution < 1.29 is 22.7 Å². The fraction of sp³-hybridized carbons (Fsp3) is 0.500. The number of hydrogen-bond donors (Lipinski definition) is 1. The van der Waals surface area contributed by atoms with Crippen molar-refractivity contribution in [1.29, 1.82) is 0 Å². The van der Waals surface area contributed by atoms with Crippen molar-refractivity contribution in [2.24, 2.45) is 0 Å². The molecule has 2 aliphatic heterocycles. The van der Waals surface area contributed by atoms with Crippen LogP contribution in [0.3, 0.4) is 0 Å². The lowest BCUT2D eigenvalue weighted by atomic mass is 10.1. The number of benzene rings is 1. The molecule has 29 heavy (non-hydrogen) atoms. The molecule has 9 heteroatoms. The molecule has 0 radical (unpaired) electrons. The number of rotatable bonds is 5. The number of halogens is 2. The zero-order chi connectivity index (χ0) is 20.4. The smallest absolute Gasteiger partial charge is 0.307 e. The summed E-state index contributed by atoms with van der Waals surface area (Å²) in [6, 6.07) is 3.59. The molecule has 3 heterocycles. The predicted molar refractivity (Wildman–Crippen MR) is 100 cm³/mol. The van der Waals surface area contributed by atoms with Crippen LogP contribution in [0.5, 0.6) is 0 Å². The van der Waals surface area contributed by atoms with Gasteiger partial charge in [0.2, 0.25) is 0 Å². The van der Waals surface area contributed by atoms with E-state index in [1.165, 1.54) is 12.1 Å². The van der Waals surface area contributed by atoms with E-state index in [1.807, 2.05) is 11.9 Å². The molecule has 1 aromatic carbocycles. The lowest BCUT2D eigenvalue weighted by Gasteiger charge is -2.29. The number of carbonyl (C=O) groups excluding carboxylic acids is 1. The third kappa shape index (κ3) is 4.80. The summed E-state index contributed by atoms with van der Waals surface area (Å²) in [4.78, 5) is 20.9. The first-order valence-electron chi connectivity index (χ1n) is 9.71. The quantitative estimate of drug-likeness (QED) is 0.813. The van der Waals surface area contributed by atoms with Gasteiger partial charge in [0.25, 0.3) is 5.89 Å². The highest BCUT2D eigenvalue weighted by Crippen LogP contribution is 2.22. The molecule has 7 nitrogen and oxygen atoms in total. The van der Waals surface area contributed by atoms with E-state index in [4.69, 9.17) is 9.15 Å². The van der Waals surface area contributed by atoms with Crippen LogP contribution in [-0.4, -0.2) is 66.6 Å². The Bertz CT molecular complexity index is 889. The van der Waals surface area contributed by atoms with Crippen LogP contribution in [0.15, 0.2) is 22.6 Å². The molecule has 0 spiro atoms. The zero-order valence-corrected chi connectivity index (χ0v) is 16.3. The summed E-state index contributed by atoms with van der Waals surface area (Å²) in [5.74, 6) is -0.808. The van der Waals surface area contributed by atoms with Gasteiger partial charge in [-0.1, -0.05) is 6.07 Å². The second-order valence-electron chi connectivity index (χ2n) is 7.55. The fourth-order valence-corrected chi connectivity index (χ4v) is 3.65. The molecule has 1 saturated heterocycles. The van der Waals surface area contributed by atoms with Crippen LogP contribution >= 0.6 is 0 Å². The number of aromatic nitrogens is 1. The Hall–Kier alpha value is -2.36. The van der Waals surface area contributed by atoms with Gasteiger partial charge >= 0.3 is 5.91 Å². The highest BCUT2D eigenvalue weighted by atomic mass is 19.1. The van der Waals surface area contributed by atoms with Crippen LogP contribution in [0.1, 0.15) is 27.7 Å². The highest BCUT2D eigenvalue weighted by molar-refractivity contribution is 5.89. The average molecular weight is 406 g/mol. The Kier molecular flexibility index (Phi) is 5.89. The van der Waals surface area contributed by atoms with Gasteiger partial charge in [-0.25, -0.2) is 13.8 Å². The molecule has 0 aliphatic carbocycles. The number of amides is 1.